The van der Waals surface area contributed by atoms with Gasteiger partial charge in [-0.2, -0.15) is 21.6 Å². The van der Waals surface area contributed by atoms with Gasteiger partial charge in [-0.05, 0) is 42.5 Å². The molecule has 0 radical (unpaired) electrons. The van der Waals surface area contributed by atoms with Gasteiger partial charge in [0.15, 0.2) is 5.75 Å². The van der Waals surface area contributed by atoms with Crippen molar-refractivity contribution in [1.82, 2.24) is 5.48 Å². The maximum atomic E-state index is 12.8. The van der Waals surface area contributed by atoms with E-state index in [0.29, 0.717) is 0 Å². The molecule has 0 aliphatic heterocycles. The van der Waals surface area contributed by atoms with Gasteiger partial charge < -0.3 is 4.84 Å². The van der Waals surface area contributed by atoms with Crippen molar-refractivity contribution in [2.75, 3.05) is 4.72 Å². The molecule has 140 valence electrons. The van der Waals surface area contributed by atoms with Crippen LogP contribution in [0.2, 0.25) is 5.02 Å². The largest absolute Gasteiger partial charge is 0.516 e. The van der Waals surface area contributed by atoms with Crippen molar-refractivity contribution in [1.29, 1.82) is 0 Å². The number of hydroxylamine groups is 1. The number of rotatable bonds is 6. The number of hydrogen-bond acceptors (Lipinski definition) is 4. The van der Waals surface area contributed by atoms with E-state index in [4.69, 9.17) is 16.4 Å². The van der Waals surface area contributed by atoms with Gasteiger partial charge in [0.1, 0.15) is 5.82 Å². The van der Waals surface area contributed by atoms with Crippen LogP contribution in [0.5, 0.6) is 5.75 Å². The molecule has 2 N–H and O–H groups in total. The van der Waals surface area contributed by atoms with Gasteiger partial charge >= 0.3 is 15.5 Å². The van der Waals surface area contributed by atoms with Crippen LogP contribution >= 0.6 is 11.6 Å². The number of nitrogens with one attached hydrogen (secondary N) is 2. The van der Waals surface area contributed by atoms with Gasteiger partial charge in [-0.1, -0.05) is 18.2 Å². The molecular formula is C15H11ClF4N2O3S. The van der Waals surface area contributed by atoms with Gasteiger partial charge in [0.2, 0.25) is 0 Å². The summed E-state index contributed by atoms with van der Waals surface area (Å²) in [6.07, 6.45) is 0. The second-order valence-corrected chi connectivity index (χ2v) is 6.99. The molecule has 0 saturated heterocycles. The summed E-state index contributed by atoms with van der Waals surface area (Å²) in [4.78, 5) is 5.11. The van der Waals surface area contributed by atoms with Gasteiger partial charge in [0.25, 0.3) is 0 Å². The Morgan fingerprint density at radius 1 is 1.12 bits per heavy atom. The number of benzene rings is 2. The summed E-state index contributed by atoms with van der Waals surface area (Å²) in [5.74, 6) is -0.304. The standard InChI is InChI=1S/C15H11ClF4N2O3S/c1-9(21-25-12-5-3-11(17)4-6-12)13-8-10(16)2-7-14(13)22-26(23,24)15(18,19)20/h2-8,21-22H,1H2. The first kappa shape index (κ1) is 19.9. The maximum absolute atomic E-state index is 12.8. The number of sulfonamides is 1. The lowest BCUT2D eigenvalue weighted by Gasteiger charge is -2.17. The van der Waals surface area contributed by atoms with Crippen molar-refractivity contribution in [3.63, 3.8) is 0 Å². The van der Waals surface area contributed by atoms with Crippen molar-refractivity contribution in [3.05, 3.63) is 65.4 Å². The minimum Gasteiger partial charge on any atom is -0.382 e. The van der Waals surface area contributed by atoms with Crippen LogP contribution in [-0.2, 0) is 10.0 Å². The second-order valence-electron chi connectivity index (χ2n) is 4.88. The first-order valence-corrected chi connectivity index (χ1v) is 8.62. The molecule has 0 unspecified atom stereocenters. The third-order valence-corrected chi connectivity index (χ3v) is 4.29. The highest BCUT2D eigenvalue weighted by atomic mass is 35.5. The highest BCUT2D eigenvalue weighted by Gasteiger charge is 2.46. The fraction of sp³-hybridized carbons (Fsp3) is 0.0667. The van der Waals surface area contributed by atoms with E-state index in [1.54, 1.807) is 0 Å². The van der Waals surface area contributed by atoms with Crippen LogP contribution < -0.4 is 15.0 Å². The van der Waals surface area contributed by atoms with Crippen molar-refractivity contribution < 1.29 is 30.8 Å². The summed E-state index contributed by atoms with van der Waals surface area (Å²) in [6, 6.07) is 8.28. The van der Waals surface area contributed by atoms with Crippen LogP contribution in [0.25, 0.3) is 5.70 Å². The normalized spacial score (nSPS) is 11.7. The molecule has 11 heteroatoms. The van der Waals surface area contributed by atoms with E-state index < -0.39 is 27.0 Å². The number of hydrogen-bond donors (Lipinski definition) is 2. The predicted octanol–water partition coefficient (Wildman–Crippen LogP) is 4.29. The lowest BCUT2D eigenvalue weighted by Crippen LogP contribution is -2.30. The van der Waals surface area contributed by atoms with Crippen molar-refractivity contribution in [3.8, 4) is 5.75 Å². The Hall–Kier alpha value is -2.46. The Morgan fingerprint density at radius 3 is 2.31 bits per heavy atom. The highest BCUT2D eigenvalue weighted by molar-refractivity contribution is 7.93. The van der Waals surface area contributed by atoms with E-state index in [9.17, 15) is 26.0 Å². The molecule has 0 aliphatic carbocycles. The zero-order valence-electron chi connectivity index (χ0n) is 12.8. The van der Waals surface area contributed by atoms with Crippen LogP contribution in [0.15, 0.2) is 49.0 Å². The molecule has 0 fully saturated rings. The summed E-state index contributed by atoms with van der Waals surface area (Å²) in [6.45, 7) is 3.57. The zero-order chi connectivity index (χ0) is 19.5. The monoisotopic (exact) mass is 410 g/mol. The van der Waals surface area contributed by atoms with Gasteiger partial charge in [-0.25, -0.2) is 9.87 Å². The van der Waals surface area contributed by atoms with E-state index in [1.807, 2.05) is 0 Å². The minimum absolute atomic E-state index is 0.0764. The van der Waals surface area contributed by atoms with Crippen LogP contribution in [-0.4, -0.2) is 13.9 Å². The number of anilines is 1. The summed E-state index contributed by atoms with van der Waals surface area (Å²) in [5.41, 5.74) is -3.73. The molecule has 0 aliphatic rings. The predicted molar refractivity (Wildman–Crippen MR) is 89.2 cm³/mol. The molecule has 0 bridgehead atoms. The molecular weight excluding hydrogens is 400 g/mol. The molecule has 0 heterocycles. The molecule has 2 rings (SSSR count). The lowest BCUT2D eigenvalue weighted by atomic mass is 10.1. The van der Waals surface area contributed by atoms with E-state index >= 15 is 0 Å². The highest BCUT2D eigenvalue weighted by Crippen LogP contribution is 2.30. The third kappa shape index (κ3) is 4.79. The van der Waals surface area contributed by atoms with Crippen molar-refractivity contribution in [2.24, 2.45) is 0 Å². The second kappa shape index (κ2) is 7.42. The fourth-order valence-corrected chi connectivity index (χ4v) is 2.49. The number of alkyl halides is 3. The topological polar surface area (TPSA) is 67.4 Å². The van der Waals surface area contributed by atoms with Gasteiger partial charge in [0, 0.05) is 10.6 Å². The van der Waals surface area contributed by atoms with Crippen LogP contribution in [0, 0.1) is 5.82 Å². The average Bonchev–Trinajstić information content (AvgIpc) is 2.54. The molecule has 5 nitrogen and oxygen atoms in total. The van der Waals surface area contributed by atoms with Gasteiger partial charge in [-0.15, -0.1) is 0 Å². The van der Waals surface area contributed by atoms with Gasteiger partial charge in [-0.3, -0.25) is 4.72 Å². The summed E-state index contributed by atoms with van der Waals surface area (Å²) >= 11 is 5.81. The molecule has 0 aromatic heterocycles. The third-order valence-electron chi connectivity index (χ3n) is 2.96. The van der Waals surface area contributed by atoms with Crippen molar-refractivity contribution >= 4 is 33.0 Å². The minimum atomic E-state index is -5.64. The molecule has 0 atom stereocenters. The fourth-order valence-electron chi connectivity index (χ4n) is 1.74. The smallest absolute Gasteiger partial charge is 0.382 e. The summed E-state index contributed by atoms with van der Waals surface area (Å²) < 4.78 is 74.6. The Balaban J connectivity index is 2.23. The SMILES string of the molecule is C=C(NOc1ccc(F)cc1)c1cc(Cl)ccc1NS(=O)(=O)C(F)(F)F. The Kier molecular flexibility index (Phi) is 5.67. The van der Waals surface area contributed by atoms with E-state index in [-0.39, 0.29) is 22.0 Å². The van der Waals surface area contributed by atoms with E-state index in [0.717, 1.165) is 18.2 Å². The summed E-state index contributed by atoms with van der Waals surface area (Å²) in [5, 5.41) is 0.125. The first-order chi connectivity index (χ1) is 12.0. The van der Waals surface area contributed by atoms with E-state index in [1.165, 1.54) is 29.0 Å². The van der Waals surface area contributed by atoms with Gasteiger partial charge in [0.05, 0.1) is 11.4 Å². The molecule has 0 saturated carbocycles. The van der Waals surface area contributed by atoms with Crippen LogP contribution in [0.4, 0.5) is 23.2 Å². The molecule has 26 heavy (non-hydrogen) atoms. The average molecular weight is 411 g/mol. The lowest BCUT2D eigenvalue weighted by molar-refractivity contribution is -0.0429. The Labute approximate surface area is 151 Å². The molecule has 2 aromatic carbocycles. The quantitative estimate of drug-likeness (QED) is 0.550. The Morgan fingerprint density at radius 2 is 1.73 bits per heavy atom. The summed E-state index contributed by atoms with van der Waals surface area (Å²) in [7, 11) is -5.64. The zero-order valence-corrected chi connectivity index (χ0v) is 14.3. The maximum Gasteiger partial charge on any atom is 0.516 e. The van der Waals surface area contributed by atoms with Crippen LogP contribution in [0.3, 0.4) is 0 Å². The molecule has 2 aromatic rings. The van der Waals surface area contributed by atoms with Crippen LogP contribution in [0.1, 0.15) is 5.56 Å². The molecule has 0 amide bonds. The first-order valence-electron chi connectivity index (χ1n) is 6.76. The Bertz CT molecular complexity index is 915. The van der Waals surface area contributed by atoms with Crippen molar-refractivity contribution in [2.45, 2.75) is 5.51 Å². The molecule has 0 spiro atoms. The number of halogens is 5. The van der Waals surface area contributed by atoms with E-state index in [2.05, 4.69) is 12.1 Å².